The molecule has 2 aliphatic heterocycles. The Morgan fingerprint density at radius 2 is 2.04 bits per heavy atom. The van der Waals surface area contributed by atoms with Crippen LogP contribution in [-0.2, 0) is 12.6 Å². The molecule has 4 rings (SSSR count). The van der Waals surface area contributed by atoms with E-state index in [1.807, 2.05) is 6.07 Å². The summed E-state index contributed by atoms with van der Waals surface area (Å²) in [7, 11) is 0. The third kappa shape index (κ3) is 3.32. The van der Waals surface area contributed by atoms with Crippen LogP contribution in [0.1, 0.15) is 22.9 Å². The van der Waals surface area contributed by atoms with Crippen LogP contribution in [0.5, 0.6) is 0 Å². The molecule has 25 heavy (non-hydrogen) atoms. The number of aromatic nitrogens is 2. The average molecular weight is 349 g/mol. The van der Waals surface area contributed by atoms with Gasteiger partial charge in [0.05, 0.1) is 12.4 Å². The molecule has 1 aromatic carbocycles. The fraction of sp³-hybridized carbons (Fsp3) is 0.412. The molecule has 2 aliphatic rings. The molecule has 0 saturated carbocycles. The predicted molar refractivity (Wildman–Crippen MR) is 87.6 cm³/mol. The quantitative estimate of drug-likeness (QED) is 0.873. The fourth-order valence-corrected chi connectivity index (χ4v) is 3.50. The van der Waals surface area contributed by atoms with Gasteiger partial charge in [0.25, 0.3) is 0 Å². The molecule has 0 aliphatic carbocycles. The molecular weight excluding hydrogens is 331 g/mol. The lowest BCUT2D eigenvalue weighted by Gasteiger charge is -2.41. The van der Waals surface area contributed by atoms with Gasteiger partial charge in [0, 0.05) is 37.9 Å². The summed E-state index contributed by atoms with van der Waals surface area (Å²) in [4.78, 5) is 9.72. The van der Waals surface area contributed by atoms with E-state index in [1.54, 1.807) is 0 Å². The van der Waals surface area contributed by atoms with E-state index in [2.05, 4.69) is 37.6 Å². The Kier molecular flexibility index (Phi) is 4.09. The highest BCUT2D eigenvalue weighted by Crippen LogP contribution is 2.33. The first kappa shape index (κ1) is 16.3. The minimum atomic E-state index is -4.47. The summed E-state index contributed by atoms with van der Waals surface area (Å²) in [5.74, 6) is 0.296. The molecule has 1 fully saturated rings. The van der Waals surface area contributed by atoms with Gasteiger partial charge in [-0.3, -0.25) is 4.90 Å². The Balaban J connectivity index is 1.53. The number of hydrogen-bond donors (Lipinski definition) is 2. The van der Waals surface area contributed by atoms with Crippen molar-refractivity contribution in [1.29, 1.82) is 0 Å². The predicted octanol–water partition coefficient (Wildman–Crippen LogP) is 2.74. The van der Waals surface area contributed by atoms with Gasteiger partial charge in [-0.1, -0.05) is 6.07 Å². The van der Waals surface area contributed by atoms with Gasteiger partial charge in [-0.05, 0) is 29.7 Å². The third-order valence-electron chi connectivity index (χ3n) is 4.74. The number of halogens is 3. The van der Waals surface area contributed by atoms with E-state index in [4.69, 9.17) is 0 Å². The third-order valence-corrected chi connectivity index (χ3v) is 4.74. The Labute approximate surface area is 143 Å². The molecule has 1 aromatic heterocycles. The molecule has 3 heterocycles. The Morgan fingerprint density at radius 1 is 1.16 bits per heavy atom. The van der Waals surface area contributed by atoms with Crippen LogP contribution in [0.3, 0.4) is 0 Å². The van der Waals surface area contributed by atoms with Crippen molar-refractivity contribution in [2.24, 2.45) is 0 Å². The summed E-state index contributed by atoms with van der Waals surface area (Å²) in [5.41, 5.74) is 2.41. The van der Waals surface area contributed by atoms with Crippen molar-refractivity contribution in [2.45, 2.75) is 18.6 Å². The number of piperazine rings is 1. The Morgan fingerprint density at radius 3 is 2.80 bits per heavy atom. The highest BCUT2D eigenvalue weighted by Gasteiger charge is 2.33. The van der Waals surface area contributed by atoms with E-state index in [0.717, 1.165) is 50.7 Å². The molecule has 0 spiro atoms. The van der Waals surface area contributed by atoms with E-state index in [0.29, 0.717) is 11.9 Å². The summed E-state index contributed by atoms with van der Waals surface area (Å²) >= 11 is 0. The maximum Gasteiger partial charge on any atom is 0.434 e. The number of anilines is 2. The molecule has 2 N–H and O–H groups in total. The molecule has 0 amide bonds. The minimum absolute atomic E-state index is 0.296. The number of fused-ring (bicyclic) bond motifs is 3. The Hall–Kier alpha value is -2.19. The SMILES string of the molecule is FC(F)(F)c1cnc(Nc2ccc3c(c2)CCN2CCNC[C@@H]32)cn1. The second kappa shape index (κ2) is 6.27. The van der Waals surface area contributed by atoms with Crippen molar-refractivity contribution in [3.05, 3.63) is 47.4 Å². The summed E-state index contributed by atoms with van der Waals surface area (Å²) in [6.07, 6.45) is -1.65. The number of rotatable bonds is 2. The van der Waals surface area contributed by atoms with Crippen molar-refractivity contribution in [1.82, 2.24) is 20.2 Å². The van der Waals surface area contributed by atoms with Gasteiger partial charge in [0.15, 0.2) is 5.69 Å². The lowest BCUT2D eigenvalue weighted by atomic mass is 9.91. The van der Waals surface area contributed by atoms with Crippen LogP contribution in [0.25, 0.3) is 0 Å². The van der Waals surface area contributed by atoms with Crippen LogP contribution in [0, 0.1) is 0 Å². The van der Waals surface area contributed by atoms with Crippen LogP contribution < -0.4 is 10.6 Å². The van der Waals surface area contributed by atoms with Gasteiger partial charge in [0.1, 0.15) is 5.82 Å². The molecule has 132 valence electrons. The topological polar surface area (TPSA) is 53.1 Å². The largest absolute Gasteiger partial charge is 0.434 e. The second-order valence-corrected chi connectivity index (χ2v) is 6.33. The maximum absolute atomic E-state index is 12.5. The van der Waals surface area contributed by atoms with Crippen molar-refractivity contribution in [2.75, 3.05) is 31.5 Å². The van der Waals surface area contributed by atoms with Gasteiger partial charge in [-0.25, -0.2) is 9.97 Å². The maximum atomic E-state index is 12.5. The molecule has 1 atom stereocenters. The van der Waals surface area contributed by atoms with Crippen molar-refractivity contribution in [3.8, 4) is 0 Å². The fourth-order valence-electron chi connectivity index (χ4n) is 3.50. The van der Waals surface area contributed by atoms with Crippen molar-refractivity contribution < 1.29 is 13.2 Å². The molecule has 8 heteroatoms. The normalized spacial score (nSPS) is 20.7. The van der Waals surface area contributed by atoms with Crippen LogP contribution in [0.2, 0.25) is 0 Å². The highest BCUT2D eigenvalue weighted by atomic mass is 19.4. The molecule has 0 unspecified atom stereocenters. The zero-order valence-electron chi connectivity index (χ0n) is 13.5. The number of benzene rings is 1. The number of nitrogens with zero attached hydrogens (tertiary/aromatic N) is 3. The van der Waals surface area contributed by atoms with E-state index >= 15 is 0 Å². The first-order valence-corrected chi connectivity index (χ1v) is 8.24. The van der Waals surface area contributed by atoms with Crippen LogP contribution in [-0.4, -0.2) is 41.0 Å². The monoisotopic (exact) mass is 349 g/mol. The molecule has 5 nitrogen and oxygen atoms in total. The molecular formula is C17H18F3N5. The molecule has 1 saturated heterocycles. The second-order valence-electron chi connectivity index (χ2n) is 6.33. The Bertz CT molecular complexity index is 760. The lowest BCUT2D eigenvalue weighted by Crippen LogP contribution is -2.48. The van der Waals surface area contributed by atoms with E-state index in [-0.39, 0.29) is 0 Å². The first-order chi connectivity index (χ1) is 12.0. The minimum Gasteiger partial charge on any atom is -0.339 e. The summed E-state index contributed by atoms with van der Waals surface area (Å²) in [5, 5.41) is 6.46. The molecule has 0 bridgehead atoms. The number of nitrogens with one attached hydrogen (secondary N) is 2. The summed E-state index contributed by atoms with van der Waals surface area (Å²) < 4.78 is 37.6. The summed E-state index contributed by atoms with van der Waals surface area (Å²) in [6, 6.07) is 6.49. The smallest absolute Gasteiger partial charge is 0.339 e. The van der Waals surface area contributed by atoms with Crippen LogP contribution >= 0.6 is 0 Å². The van der Waals surface area contributed by atoms with E-state index in [1.165, 1.54) is 11.1 Å². The average Bonchev–Trinajstić information content (AvgIpc) is 2.61. The number of alkyl halides is 3. The van der Waals surface area contributed by atoms with Gasteiger partial charge >= 0.3 is 6.18 Å². The van der Waals surface area contributed by atoms with Gasteiger partial charge in [-0.2, -0.15) is 13.2 Å². The van der Waals surface area contributed by atoms with Gasteiger partial charge in [0.2, 0.25) is 0 Å². The lowest BCUT2D eigenvalue weighted by molar-refractivity contribution is -0.141. The standard InChI is InChI=1S/C17H18F3N5/c18-17(19,20)15-9-23-16(10-22-15)24-12-1-2-13-11(7-12)3-5-25-6-4-21-8-14(13)25/h1-2,7,9-10,14,21H,3-6,8H2,(H,23,24)/t14-/m0/s1. The van der Waals surface area contributed by atoms with Crippen LogP contribution in [0.4, 0.5) is 24.7 Å². The van der Waals surface area contributed by atoms with Crippen molar-refractivity contribution in [3.63, 3.8) is 0 Å². The zero-order valence-corrected chi connectivity index (χ0v) is 13.5. The van der Waals surface area contributed by atoms with Gasteiger partial charge in [-0.15, -0.1) is 0 Å². The highest BCUT2D eigenvalue weighted by molar-refractivity contribution is 5.58. The van der Waals surface area contributed by atoms with Crippen LogP contribution in [0.15, 0.2) is 30.6 Å². The van der Waals surface area contributed by atoms with E-state index < -0.39 is 11.9 Å². The zero-order chi connectivity index (χ0) is 17.4. The molecule has 2 aromatic rings. The van der Waals surface area contributed by atoms with Crippen molar-refractivity contribution >= 4 is 11.5 Å². The molecule has 0 radical (unpaired) electrons. The van der Waals surface area contributed by atoms with Gasteiger partial charge < -0.3 is 10.6 Å². The first-order valence-electron chi connectivity index (χ1n) is 8.24. The van der Waals surface area contributed by atoms with E-state index in [9.17, 15) is 13.2 Å². The number of hydrogen-bond acceptors (Lipinski definition) is 5. The summed E-state index contributed by atoms with van der Waals surface area (Å²) in [6.45, 7) is 4.07.